The summed E-state index contributed by atoms with van der Waals surface area (Å²) in [6.07, 6.45) is 6.56. The third-order valence-corrected chi connectivity index (χ3v) is 3.08. The molecule has 1 fully saturated rings. The van der Waals surface area contributed by atoms with E-state index < -0.39 is 0 Å². The zero-order valence-electron chi connectivity index (χ0n) is 8.82. The Morgan fingerprint density at radius 3 is 3.07 bits per heavy atom. The molecular weight excluding hydrogens is 305 g/mol. The van der Waals surface area contributed by atoms with Crippen molar-refractivity contribution < 1.29 is 4.74 Å². The molecule has 0 aliphatic heterocycles. The Labute approximate surface area is 104 Å². The first-order chi connectivity index (χ1) is 7.29. The molecule has 2 rings (SSSR count). The lowest BCUT2D eigenvalue weighted by atomic mass is 10.3. The molecule has 0 spiro atoms. The smallest absolute Gasteiger partial charge is 0.0876 e. The molecule has 0 saturated heterocycles. The first-order valence-electron chi connectivity index (χ1n) is 5.21. The topological polar surface area (TPSA) is 39.1 Å². The Morgan fingerprint density at radius 2 is 2.53 bits per heavy atom. The molecule has 1 saturated carbocycles. The van der Waals surface area contributed by atoms with Gasteiger partial charge in [-0.05, 0) is 35.4 Å². The average molecular weight is 321 g/mol. The van der Waals surface area contributed by atoms with Gasteiger partial charge in [-0.15, -0.1) is 0 Å². The van der Waals surface area contributed by atoms with Crippen LogP contribution in [0.4, 0.5) is 0 Å². The van der Waals surface area contributed by atoms with Gasteiger partial charge in [0.2, 0.25) is 0 Å². The molecule has 1 aromatic heterocycles. The summed E-state index contributed by atoms with van der Waals surface area (Å²) in [6.45, 7) is 1.65. The molecule has 1 atom stereocenters. The molecule has 0 radical (unpaired) electrons. The summed E-state index contributed by atoms with van der Waals surface area (Å²) in [6, 6.07) is 1.04. The molecule has 1 aromatic rings. The fraction of sp³-hybridized carbons (Fsp3) is 0.700. The first-order valence-corrected chi connectivity index (χ1v) is 6.29. The Bertz CT molecular complexity index is 311. The molecular formula is C10H16IN3O. The van der Waals surface area contributed by atoms with Gasteiger partial charge in [-0.25, -0.2) is 0 Å². The highest BCUT2D eigenvalue weighted by molar-refractivity contribution is 14.1. The highest BCUT2D eigenvalue weighted by Crippen LogP contribution is 2.19. The number of rotatable bonds is 6. The van der Waals surface area contributed by atoms with Crippen LogP contribution in [0.3, 0.4) is 0 Å². The van der Waals surface area contributed by atoms with Gasteiger partial charge in [0.15, 0.2) is 0 Å². The molecule has 1 N–H and O–H groups in total. The van der Waals surface area contributed by atoms with Crippen LogP contribution >= 0.6 is 22.6 Å². The molecule has 5 heteroatoms. The predicted molar refractivity (Wildman–Crippen MR) is 66.9 cm³/mol. The van der Waals surface area contributed by atoms with E-state index in [1.807, 2.05) is 10.9 Å². The summed E-state index contributed by atoms with van der Waals surface area (Å²) in [5, 5.41) is 7.83. The lowest BCUT2D eigenvalue weighted by molar-refractivity contribution is 0.148. The number of nitrogens with one attached hydrogen (secondary N) is 1. The molecule has 84 valence electrons. The van der Waals surface area contributed by atoms with Crippen LogP contribution < -0.4 is 5.32 Å². The van der Waals surface area contributed by atoms with Crippen molar-refractivity contribution in [1.29, 1.82) is 0 Å². The fourth-order valence-corrected chi connectivity index (χ4v) is 1.94. The second kappa shape index (κ2) is 5.27. The number of aromatic nitrogens is 2. The molecule has 0 bridgehead atoms. The highest BCUT2D eigenvalue weighted by Gasteiger charge is 2.22. The third kappa shape index (κ3) is 3.42. The molecule has 1 heterocycles. The van der Waals surface area contributed by atoms with Crippen LogP contribution in [0.25, 0.3) is 0 Å². The van der Waals surface area contributed by atoms with Crippen LogP contribution in [0.5, 0.6) is 0 Å². The Kier molecular flexibility index (Phi) is 3.99. The van der Waals surface area contributed by atoms with Gasteiger partial charge in [-0.3, -0.25) is 4.68 Å². The maximum absolute atomic E-state index is 5.22. The van der Waals surface area contributed by atoms with Crippen molar-refractivity contribution in [2.45, 2.75) is 24.9 Å². The Hall–Kier alpha value is -0.140. The maximum atomic E-state index is 5.22. The second-order valence-corrected chi connectivity index (χ2v) is 5.18. The lowest BCUT2D eigenvalue weighted by Gasteiger charge is -2.17. The average Bonchev–Trinajstić information content (AvgIpc) is 2.95. The van der Waals surface area contributed by atoms with Crippen LogP contribution in [0.2, 0.25) is 0 Å². The number of nitrogens with zero attached hydrogens (tertiary/aromatic N) is 2. The van der Waals surface area contributed by atoms with Gasteiger partial charge in [0, 0.05) is 25.9 Å². The summed E-state index contributed by atoms with van der Waals surface area (Å²) < 4.78 is 8.37. The summed E-state index contributed by atoms with van der Waals surface area (Å²) >= 11 is 2.27. The van der Waals surface area contributed by atoms with E-state index in [1.165, 1.54) is 16.4 Å². The SMILES string of the molecule is COCC(CNC1CC1)n1cc(I)cn1. The van der Waals surface area contributed by atoms with E-state index in [0.717, 1.165) is 12.6 Å². The van der Waals surface area contributed by atoms with Crippen molar-refractivity contribution in [2.24, 2.45) is 0 Å². The maximum Gasteiger partial charge on any atom is 0.0876 e. The molecule has 0 amide bonds. The van der Waals surface area contributed by atoms with Crippen molar-refractivity contribution in [3.05, 3.63) is 16.0 Å². The summed E-state index contributed by atoms with van der Waals surface area (Å²) in [4.78, 5) is 0. The van der Waals surface area contributed by atoms with E-state index in [1.54, 1.807) is 7.11 Å². The zero-order chi connectivity index (χ0) is 10.7. The van der Waals surface area contributed by atoms with E-state index in [-0.39, 0.29) is 0 Å². The first kappa shape index (κ1) is 11.3. The third-order valence-electron chi connectivity index (χ3n) is 2.52. The van der Waals surface area contributed by atoms with Gasteiger partial charge in [-0.1, -0.05) is 0 Å². The minimum absolute atomic E-state index is 0.305. The number of ether oxygens (including phenoxy) is 1. The second-order valence-electron chi connectivity index (χ2n) is 3.93. The van der Waals surface area contributed by atoms with Crippen molar-refractivity contribution in [2.75, 3.05) is 20.3 Å². The summed E-state index contributed by atoms with van der Waals surface area (Å²) in [5.41, 5.74) is 0. The largest absolute Gasteiger partial charge is 0.382 e. The quantitative estimate of drug-likeness (QED) is 0.806. The van der Waals surface area contributed by atoms with Crippen molar-refractivity contribution in [3.63, 3.8) is 0 Å². The molecule has 0 aromatic carbocycles. The number of methoxy groups -OCH3 is 1. The van der Waals surface area contributed by atoms with Gasteiger partial charge in [0.1, 0.15) is 0 Å². The van der Waals surface area contributed by atoms with E-state index in [9.17, 15) is 0 Å². The van der Waals surface area contributed by atoms with Gasteiger partial charge in [0.25, 0.3) is 0 Å². The number of hydrogen-bond donors (Lipinski definition) is 1. The van der Waals surface area contributed by atoms with Gasteiger partial charge in [-0.2, -0.15) is 5.10 Å². The van der Waals surface area contributed by atoms with E-state index in [4.69, 9.17) is 4.74 Å². The van der Waals surface area contributed by atoms with Crippen LogP contribution in [0, 0.1) is 3.57 Å². The van der Waals surface area contributed by atoms with Crippen LogP contribution in [-0.4, -0.2) is 36.1 Å². The normalized spacial score (nSPS) is 18.0. The van der Waals surface area contributed by atoms with E-state index in [2.05, 4.69) is 39.2 Å². The molecule has 15 heavy (non-hydrogen) atoms. The zero-order valence-corrected chi connectivity index (χ0v) is 11.0. The minimum atomic E-state index is 0.305. The monoisotopic (exact) mass is 321 g/mol. The summed E-state index contributed by atoms with van der Waals surface area (Å²) in [5.74, 6) is 0. The predicted octanol–water partition coefficient (Wildman–Crippen LogP) is 1.43. The van der Waals surface area contributed by atoms with Crippen molar-refractivity contribution >= 4 is 22.6 Å². The van der Waals surface area contributed by atoms with Crippen LogP contribution in [0.15, 0.2) is 12.4 Å². The fourth-order valence-electron chi connectivity index (χ4n) is 1.53. The summed E-state index contributed by atoms with van der Waals surface area (Å²) in [7, 11) is 1.73. The van der Waals surface area contributed by atoms with Gasteiger partial charge < -0.3 is 10.1 Å². The van der Waals surface area contributed by atoms with Crippen molar-refractivity contribution in [3.8, 4) is 0 Å². The Morgan fingerprint density at radius 1 is 1.73 bits per heavy atom. The molecule has 1 aliphatic rings. The Balaban J connectivity index is 1.91. The number of halogens is 1. The van der Waals surface area contributed by atoms with Gasteiger partial charge >= 0.3 is 0 Å². The minimum Gasteiger partial charge on any atom is -0.382 e. The van der Waals surface area contributed by atoms with E-state index in [0.29, 0.717) is 12.6 Å². The molecule has 4 nitrogen and oxygen atoms in total. The number of hydrogen-bond acceptors (Lipinski definition) is 3. The standard InChI is InChI=1S/C10H16IN3O/c1-15-7-10(5-12-9-2-3-9)14-6-8(11)4-13-14/h4,6,9-10,12H,2-3,5,7H2,1H3. The highest BCUT2D eigenvalue weighted by atomic mass is 127. The van der Waals surface area contributed by atoms with Gasteiger partial charge in [0.05, 0.1) is 22.4 Å². The lowest BCUT2D eigenvalue weighted by Crippen LogP contribution is -2.30. The van der Waals surface area contributed by atoms with E-state index >= 15 is 0 Å². The van der Waals surface area contributed by atoms with Crippen molar-refractivity contribution in [1.82, 2.24) is 15.1 Å². The molecule has 1 aliphatic carbocycles. The van der Waals surface area contributed by atoms with Crippen LogP contribution in [0.1, 0.15) is 18.9 Å². The van der Waals surface area contributed by atoms with Crippen LogP contribution in [-0.2, 0) is 4.74 Å². The molecule has 1 unspecified atom stereocenters.